The molecule has 3 rings (SSSR count). The van der Waals surface area contributed by atoms with Crippen molar-refractivity contribution in [2.75, 3.05) is 33.4 Å². The summed E-state index contributed by atoms with van der Waals surface area (Å²) in [7, 11) is 1.66. The van der Waals surface area contributed by atoms with E-state index in [0.717, 1.165) is 24.9 Å². The second kappa shape index (κ2) is 7.29. The van der Waals surface area contributed by atoms with E-state index in [-0.39, 0.29) is 0 Å². The van der Waals surface area contributed by atoms with Gasteiger partial charge in [-0.05, 0) is 50.9 Å². The number of nitrogens with zero attached hydrogens (tertiary/aromatic N) is 2. The van der Waals surface area contributed by atoms with Crippen molar-refractivity contribution in [2.45, 2.75) is 45.3 Å². The van der Waals surface area contributed by atoms with Crippen molar-refractivity contribution in [3.8, 4) is 11.5 Å². The van der Waals surface area contributed by atoms with Crippen molar-refractivity contribution in [1.82, 2.24) is 9.80 Å². The highest BCUT2D eigenvalue weighted by atomic mass is 35.5. The minimum atomic E-state index is 0.570. The molecule has 2 fully saturated rings. The molecule has 4 nitrogen and oxygen atoms in total. The molecule has 5 heteroatoms. The molecule has 0 amide bonds. The van der Waals surface area contributed by atoms with Crippen LogP contribution in [0.2, 0.25) is 5.02 Å². The third-order valence-electron chi connectivity index (χ3n) is 5.03. The molecule has 1 aromatic carbocycles. The lowest BCUT2D eigenvalue weighted by molar-refractivity contribution is 0.0540. The molecule has 0 aliphatic carbocycles. The molecule has 0 radical (unpaired) electrons. The lowest BCUT2D eigenvalue weighted by Crippen LogP contribution is -2.54. The van der Waals surface area contributed by atoms with Gasteiger partial charge >= 0.3 is 0 Å². The Morgan fingerprint density at radius 1 is 1.30 bits per heavy atom. The van der Waals surface area contributed by atoms with Gasteiger partial charge in [-0.2, -0.15) is 0 Å². The number of halogens is 1. The largest absolute Gasteiger partial charge is 0.493 e. The average molecular weight is 339 g/mol. The van der Waals surface area contributed by atoms with Gasteiger partial charge in [-0.1, -0.05) is 11.6 Å². The second-order valence-electron chi connectivity index (χ2n) is 6.61. The number of ether oxygens (including phenoxy) is 2. The standard InChI is InChI=1S/C18H27ClN2O2/c1-4-23-18-16(19)8-14(9-17(18)22-3)11-21-12-15-6-5-7-20(15)10-13(21)2/h8-9,13,15H,4-7,10-12H2,1-3H3/t13-,15-/m1/s1. The van der Waals surface area contributed by atoms with Crippen LogP contribution in [0.3, 0.4) is 0 Å². The fourth-order valence-electron chi connectivity index (χ4n) is 3.85. The number of benzene rings is 1. The maximum atomic E-state index is 6.40. The number of rotatable bonds is 5. The van der Waals surface area contributed by atoms with Crippen LogP contribution in [0.4, 0.5) is 0 Å². The summed E-state index contributed by atoms with van der Waals surface area (Å²) in [6.07, 6.45) is 2.67. The third kappa shape index (κ3) is 3.59. The number of hydrogen-bond acceptors (Lipinski definition) is 4. The summed E-state index contributed by atoms with van der Waals surface area (Å²) in [6, 6.07) is 5.37. The van der Waals surface area contributed by atoms with E-state index >= 15 is 0 Å². The van der Waals surface area contributed by atoms with Crippen molar-refractivity contribution in [3.63, 3.8) is 0 Å². The number of fused-ring (bicyclic) bond motifs is 1. The van der Waals surface area contributed by atoms with Crippen LogP contribution >= 0.6 is 11.6 Å². The number of hydrogen-bond donors (Lipinski definition) is 0. The van der Waals surface area contributed by atoms with Crippen molar-refractivity contribution in [3.05, 3.63) is 22.7 Å². The molecule has 2 heterocycles. The van der Waals surface area contributed by atoms with Crippen molar-refractivity contribution in [2.24, 2.45) is 0 Å². The first-order chi connectivity index (χ1) is 11.1. The van der Waals surface area contributed by atoms with Gasteiger partial charge in [0, 0.05) is 31.7 Å². The van der Waals surface area contributed by atoms with E-state index in [1.807, 2.05) is 13.0 Å². The van der Waals surface area contributed by atoms with Crippen LogP contribution in [0.15, 0.2) is 12.1 Å². The Hall–Kier alpha value is -0.970. The smallest absolute Gasteiger partial charge is 0.179 e. The minimum Gasteiger partial charge on any atom is -0.493 e. The van der Waals surface area contributed by atoms with E-state index in [9.17, 15) is 0 Å². The topological polar surface area (TPSA) is 24.9 Å². The Balaban J connectivity index is 1.75. The average Bonchev–Trinajstić information content (AvgIpc) is 2.97. The van der Waals surface area contributed by atoms with Gasteiger partial charge in [0.15, 0.2) is 11.5 Å². The molecule has 2 aliphatic rings. The summed E-state index contributed by atoms with van der Waals surface area (Å²) in [4.78, 5) is 5.21. The van der Waals surface area contributed by atoms with E-state index in [4.69, 9.17) is 21.1 Å². The lowest BCUT2D eigenvalue weighted by Gasteiger charge is -2.42. The predicted molar refractivity (Wildman–Crippen MR) is 93.6 cm³/mol. The summed E-state index contributed by atoms with van der Waals surface area (Å²) in [6.45, 7) is 9.35. The van der Waals surface area contributed by atoms with Gasteiger partial charge < -0.3 is 9.47 Å². The Bertz CT molecular complexity index is 552. The predicted octanol–water partition coefficient (Wildman–Crippen LogP) is 3.42. The maximum absolute atomic E-state index is 6.40. The Kier molecular flexibility index (Phi) is 5.34. The quantitative estimate of drug-likeness (QED) is 0.821. The molecule has 0 bridgehead atoms. The molecule has 23 heavy (non-hydrogen) atoms. The Morgan fingerprint density at radius 2 is 2.13 bits per heavy atom. The van der Waals surface area contributed by atoms with Gasteiger partial charge in [0.05, 0.1) is 18.7 Å². The molecule has 0 unspecified atom stereocenters. The number of methoxy groups -OCH3 is 1. The highest BCUT2D eigenvalue weighted by Gasteiger charge is 2.34. The zero-order valence-corrected chi connectivity index (χ0v) is 15.1. The van der Waals surface area contributed by atoms with Crippen LogP contribution < -0.4 is 9.47 Å². The molecule has 2 aliphatic heterocycles. The molecule has 128 valence electrons. The van der Waals surface area contributed by atoms with Crippen LogP contribution in [0.25, 0.3) is 0 Å². The van der Waals surface area contributed by atoms with Crippen molar-refractivity contribution < 1.29 is 9.47 Å². The summed E-state index contributed by atoms with van der Waals surface area (Å²) in [5.41, 5.74) is 1.19. The lowest BCUT2D eigenvalue weighted by atomic mass is 10.1. The first kappa shape index (κ1) is 16.9. The second-order valence-corrected chi connectivity index (χ2v) is 7.02. The van der Waals surface area contributed by atoms with Crippen LogP contribution in [-0.2, 0) is 6.54 Å². The van der Waals surface area contributed by atoms with Crippen LogP contribution in [0, 0.1) is 0 Å². The van der Waals surface area contributed by atoms with Gasteiger partial charge in [-0.15, -0.1) is 0 Å². The number of piperazine rings is 1. The molecule has 0 aromatic heterocycles. The van der Waals surface area contributed by atoms with E-state index in [0.29, 0.717) is 23.4 Å². The van der Waals surface area contributed by atoms with Gasteiger partial charge in [0.1, 0.15) is 0 Å². The zero-order chi connectivity index (χ0) is 16.4. The maximum Gasteiger partial charge on any atom is 0.179 e. The van der Waals surface area contributed by atoms with Crippen molar-refractivity contribution in [1.29, 1.82) is 0 Å². The Labute approximate surface area is 144 Å². The molecule has 0 spiro atoms. The van der Waals surface area contributed by atoms with Gasteiger partial charge in [-0.3, -0.25) is 9.80 Å². The fraction of sp³-hybridized carbons (Fsp3) is 0.667. The normalized spacial score (nSPS) is 25.4. The molecule has 1 aromatic rings. The summed E-state index contributed by atoms with van der Waals surface area (Å²) in [5, 5.41) is 0.633. The highest BCUT2D eigenvalue weighted by molar-refractivity contribution is 6.32. The molecular formula is C18H27ClN2O2. The van der Waals surface area contributed by atoms with Crippen LogP contribution in [0.5, 0.6) is 11.5 Å². The summed E-state index contributed by atoms with van der Waals surface area (Å²) < 4.78 is 11.1. The summed E-state index contributed by atoms with van der Waals surface area (Å²) in [5.74, 6) is 1.37. The molecule has 0 saturated carbocycles. The molecule has 0 N–H and O–H groups in total. The van der Waals surface area contributed by atoms with Crippen LogP contribution in [-0.4, -0.2) is 55.2 Å². The van der Waals surface area contributed by atoms with Gasteiger partial charge in [-0.25, -0.2) is 0 Å². The first-order valence-electron chi connectivity index (χ1n) is 8.59. The monoisotopic (exact) mass is 338 g/mol. The highest BCUT2D eigenvalue weighted by Crippen LogP contribution is 2.37. The van der Waals surface area contributed by atoms with E-state index in [1.54, 1.807) is 7.11 Å². The van der Waals surface area contributed by atoms with Gasteiger partial charge in [0.2, 0.25) is 0 Å². The van der Waals surface area contributed by atoms with Crippen molar-refractivity contribution >= 4 is 11.6 Å². The molecule has 2 saturated heterocycles. The van der Waals surface area contributed by atoms with E-state index in [1.165, 1.54) is 31.5 Å². The third-order valence-corrected chi connectivity index (χ3v) is 5.31. The Morgan fingerprint density at radius 3 is 2.87 bits per heavy atom. The summed E-state index contributed by atoms with van der Waals surface area (Å²) >= 11 is 6.40. The SMILES string of the molecule is CCOc1c(Cl)cc(CN2C[C@H]3CCCN3C[C@H]2C)cc1OC. The molecule has 2 atom stereocenters. The zero-order valence-electron chi connectivity index (χ0n) is 14.3. The van der Waals surface area contributed by atoms with Crippen LogP contribution in [0.1, 0.15) is 32.3 Å². The van der Waals surface area contributed by atoms with E-state index < -0.39 is 0 Å². The van der Waals surface area contributed by atoms with E-state index in [2.05, 4.69) is 22.8 Å². The first-order valence-corrected chi connectivity index (χ1v) is 8.97. The van der Waals surface area contributed by atoms with Gasteiger partial charge in [0.25, 0.3) is 0 Å². The fourth-order valence-corrected chi connectivity index (χ4v) is 4.14. The molecular weight excluding hydrogens is 312 g/mol. The minimum absolute atomic E-state index is 0.570.